The first-order valence-electron chi connectivity index (χ1n) is 7.11. The van der Waals surface area contributed by atoms with Crippen molar-refractivity contribution >= 4 is 40.5 Å². The van der Waals surface area contributed by atoms with Crippen LogP contribution < -0.4 is 10.6 Å². The minimum Gasteiger partial charge on any atom is -0.377 e. The molecule has 4 nitrogen and oxygen atoms in total. The largest absolute Gasteiger partial charge is 0.416 e. The molecular formula is C16H12Cl2F4N2O2. The van der Waals surface area contributed by atoms with Crippen molar-refractivity contribution in [2.24, 2.45) is 0 Å². The van der Waals surface area contributed by atoms with Gasteiger partial charge in [-0.15, -0.1) is 0 Å². The van der Waals surface area contributed by atoms with E-state index in [1.165, 1.54) is 12.1 Å². The number of hydrogen-bond acceptors (Lipinski definition) is 3. The maximum atomic E-state index is 13.8. The van der Waals surface area contributed by atoms with E-state index < -0.39 is 30.2 Å². The van der Waals surface area contributed by atoms with Crippen molar-refractivity contribution in [2.75, 3.05) is 12.0 Å². The molecule has 2 rings (SSSR count). The molecule has 1 amide bonds. The molecule has 2 aromatic rings. The van der Waals surface area contributed by atoms with Crippen LogP contribution in [0.3, 0.4) is 0 Å². The molecule has 0 aliphatic heterocycles. The number of carbonyl (C=O) groups excluding carboxylic acids is 1. The lowest BCUT2D eigenvalue weighted by molar-refractivity contribution is -0.137. The molecule has 0 saturated heterocycles. The molecule has 0 radical (unpaired) electrons. The number of amides is 1. The summed E-state index contributed by atoms with van der Waals surface area (Å²) in [5.41, 5.74) is -0.709. The van der Waals surface area contributed by atoms with Crippen molar-refractivity contribution in [1.29, 1.82) is 0 Å². The highest BCUT2D eigenvalue weighted by Gasteiger charge is 2.32. The van der Waals surface area contributed by atoms with Crippen LogP contribution in [0.4, 0.5) is 28.9 Å². The van der Waals surface area contributed by atoms with E-state index in [0.717, 1.165) is 18.2 Å². The monoisotopic (exact) mass is 410 g/mol. The van der Waals surface area contributed by atoms with Gasteiger partial charge in [-0.25, -0.2) is 4.39 Å². The second kappa shape index (κ2) is 8.11. The summed E-state index contributed by atoms with van der Waals surface area (Å²) in [7, 11) is 0. The van der Waals surface area contributed by atoms with E-state index in [0.29, 0.717) is 0 Å². The van der Waals surface area contributed by atoms with Crippen LogP contribution in [0.5, 0.6) is 0 Å². The summed E-state index contributed by atoms with van der Waals surface area (Å²) in [6.45, 7) is -0.588. The van der Waals surface area contributed by atoms with Crippen LogP contribution in [0.15, 0.2) is 30.3 Å². The van der Waals surface area contributed by atoms with Gasteiger partial charge in [0.2, 0.25) is 5.91 Å². The van der Waals surface area contributed by atoms with Crippen molar-refractivity contribution in [3.63, 3.8) is 0 Å². The number of alkyl halides is 3. The average Bonchev–Trinajstić information content (AvgIpc) is 2.53. The first-order chi connectivity index (χ1) is 12.1. The Hall–Kier alpha value is -2.03. The molecule has 0 atom stereocenters. The van der Waals surface area contributed by atoms with Crippen molar-refractivity contribution < 1.29 is 27.5 Å². The molecule has 140 valence electrons. The van der Waals surface area contributed by atoms with E-state index in [4.69, 9.17) is 28.3 Å². The highest BCUT2D eigenvalue weighted by Crippen LogP contribution is 2.39. The summed E-state index contributed by atoms with van der Waals surface area (Å²) in [5, 5.41) is 12.9. The lowest BCUT2D eigenvalue weighted by atomic mass is 10.1. The van der Waals surface area contributed by atoms with Gasteiger partial charge in [0, 0.05) is 5.69 Å². The van der Waals surface area contributed by atoms with Gasteiger partial charge < -0.3 is 15.7 Å². The van der Waals surface area contributed by atoms with Gasteiger partial charge in [0.25, 0.3) is 0 Å². The Morgan fingerprint density at radius 1 is 1.12 bits per heavy atom. The van der Waals surface area contributed by atoms with Gasteiger partial charge in [-0.05, 0) is 35.9 Å². The molecule has 0 saturated carbocycles. The minimum atomic E-state index is -4.60. The molecule has 0 spiro atoms. The highest BCUT2D eigenvalue weighted by molar-refractivity contribution is 6.39. The van der Waals surface area contributed by atoms with Crippen LogP contribution in [0, 0.1) is 5.82 Å². The van der Waals surface area contributed by atoms with E-state index in [9.17, 15) is 22.4 Å². The van der Waals surface area contributed by atoms with Gasteiger partial charge in [0.15, 0.2) is 0 Å². The maximum absolute atomic E-state index is 13.8. The summed E-state index contributed by atoms with van der Waals surface area (Å²) in [6, 6.07) is 5.11. The van der Waals surface area contributed by atoms with E-state index in [-0.39, 0.29) is 33.4 Å². The molecule has 0 aromatic heterocycles. The normalized spacial score (nSPS) is 11.3. The average molecular weight is 411 g/mol. The maximum Gasteiger partial charge on any atom is 0.416 e. The molecule has 10 heteroatoms. The minimum absolute atomic E-state index is 0.0127. The Labute approximate surface area is 155 Å². The second-order valence-electron chi connectivity index (χ2n) is 5.18. The summed E-state index contributed by atoms with van der Waals surface area (Å²) >= 11 is 11.7. The van der Waals surface area contributed by atoms with Crippen LogP contribution in [-0.2, 0) is 17.4 Å². The molecular weight excluding hydrogens is 399 g/mol. The molecule has 0 heterocycles. The number of carbonyl (C=O) groups is 1. The molecule has 0 unspecified atom stereocenters. The van der Waals surface area contributed by atoms with Gasteiger partial charge in [-0.3, -0.25) is 4.79 Å². The Balaban J connectivity index is 2.30. The first-order valence-corrected chi connectivity index (χ1v) is 7.86. The fourth-order valence-corrected chi connectivity index (χ4v) is 2.69. The molecule has 3 N–H and O–H groups in total. The van der Waals surface area contributed by atoms with Crippen LogP contribution in [0.2, 0.25) is 10.0 Å². The van der Waals surface area contributed by atoms with Crippen molar-refractivity contribution in [3.8, 4) is 0 Å². The van der Waals surface area contributed by atoms with Gasteiger partial charge in [0.05, 0.1) is 27.7 Å². The third-order valence-corrected chi connectivity index (χ3v) is 3.91. The van der Waals surface area contributed by atoms with E-state index >= 15 is 0 Å². The van der Waals surface area contributed by atoms with E-state index in [2.05, 4.69) is 10.6 Å². The number of hydrogen-bond donors (Lipinski definition) is 3. The van der Waals surface area contributed by atoms with Gasteiger partial charge >= 0.3 is 6.18 Å². The van der Waals surface area contributed by atoms with Gasteiger partial charge in [0.1, 0.15) is 12.5 Å². The number of rotatable bonds is 5. The quantitative estimate of drug-likeness (QED) is 0.502. The number of aliphatic hydroxyl groups excluding tert-OH is 1. The first kappa shape index (κ1) is 20.3. The van der Waals surface area contributed by atoms with Crippen molar-refractivity contribution in [1.82, 2.24) is 5.32 Å². The van der Waals surface area contributed by atoms with Crippen LogP contribution >= 0.6 is 23.2 Å². The number of halogens is 6. The fraction of sp³-hybridized carbons (Fsp3) is 0.188. The third-order valence-electron chi connectivity index (χ3n) is 3.31. The number of nitrogens with one attached hydrogen (secondary N) is 2. The van der Waals surface area contributed by atoms with Crippen molar-refractivity contribution in [3.05, 3.63) is 57.3 Å². The molecule has 26 heavy (non-hydrogen) atoms. The van der Waals surface area contributed by atoms with Crippen LogP contribution in [0.25, 0.3) is 0 Å². The van der Waals surface area contributed by atoms with Crippen LogP contribution in [0.1, 0.15) is 11.1 Å². The molecule has 0 fully saturated rings. The lowest BCUT2D eigenvalue weighted by Gasteiger charge is -2.15. The summed E-state index contributed by atoms with van der Waals surface area (Å²) in [5.74, 6) is -1.26. The topological polar surface area (TPSA) is 61.4 Å². The number of aliphatic hydroxyl groups is 1. The van der Waals surface area contributed by atoms with Crippen molar-refractivity contribution in [2.45, 2.75) is 12.6 Å². The standard InChI is InChI=1S/C16H12Cl2F4N2O2/c17-11-5-9(16(20,21)22)6-12(18)15(11)24-10-1-2-13(19)8(3-10)4-14(26)23-7-25/h1-3,5-6,24-25H,4,7H2,(H,23,26). The number of benzene rings is 2. The number of anilines is 2. The van der Waals surface area contributed by atoms with Crippen LogP contribution in [-0.4, -0.2) is 17.7 Å². The SMILES string of the molecule is O=C(Cc1cc(Nc2c(Cl)cc(C(F)(F)F)cc2Cl)ccc1F)NCO. The molecule has 0 aliphatic carbocycles. The molecule has 2 aromatic carbocycles. The zero-order valence-electron chi connectivity index (χ0n) is 12.9. The second-order valence-corrected chi connectivity index (χ2v) is 5.99. The zero-order valence-corrected chi connectivity index (χ0v) is 14.4. The van der Waals surface area contributed by atoms with E-state index in [1.807, 2.05) is 0 Å². The smallest absolute Gasteiger partial charge is 0.377 e. The predicted octanol–water partition coefficient (Wildman–Crippen LogP) is 4.50. The Morgan fingerprint density at radius 2 is 1.73 bits per heavy atom. The summed E-state index contributed by atoms with van der Waals surface area (Å²) in [6.07, 6.45) is -4.94. The Morgan fingerprint density at radius 3 is 2.27 bits per heavy atom. The Bertz CT molecular complexity index is 805. The fourth-order valence-electron chi connectivity index (χ4n) is 2.11. The third kappa shape index (κ3) is 5.00. The summed E-state index contributed by atoms with van der Waals surface area (Å²) < 4.78 is 52.1. The van der Waals surface area contributed by atoms with Gasteiger partial charge in [-0.1, -0.05) is 23.2 Å². The lowest BCUT2D eigenvalue weighted by Crippen LogP contribution is -2.26. The zero-order chi connectivity index (χ0) is 19.5. The summed E-state index contributed by atoms with van der Waals surface area (Å²) in [4.78, 5) is 11.5. The molecule has 0 aliphatic rings. The molecule has 0 bridgehead atoms. The predicted molar refractivity (Wildman–Crippen MR) is 90.1 cm³/mol. The highest BCUT2D eigenvalue weighted by atomic mass is 35.5. The van der Waals surface area contributed by atoms with E-state index in [1.54, 1.807) is 0 Å². The van der Waals surface area contributed by atoms with Gasteiger partial charge in [-0.2, -0.15) is 13.2 Å². The Kier molecular flexibility index (Phi) is 6.33.